The molecule has 4 heteroatoms. The molecule has 1 amide bonds. The van der Waals surface area contributed by atoms with Crippen LogP contribution in [0.5, 0.6) is 5.75 Å². The fourth-order valence-electron chi connectivity index (χ4n) is 1.36. The van der Waals surface area contributed by atoms with Crippen molar-refractivity contribution >= 4 is 17.5 Å². The Hall–Kier alpha value is -1.22. The first kappa shape index (κ1) is 10.3. The van der Waals surface area contributed by atoms with Crippen LogP contribution in [0.3, 0.4) is 0 Å². The van der Waals surface area contributed by atoms with Crippen molar-refractivity contribution in [2.75, 3.05) is 19.7 Å². The number of ether oxygens (including phenoxy) is 1. The lowest BCUT2D eigenvalue weighted by Gasteiger charge is -2.30. The Morgan fingerprint density at radius 3 is 2.87 bits per heavy atom. The third-order valence-corrected chi connectivity index (χ3v) is 2.60. The van der Waals surface area contributed by atoms with Crippen LogP contribution in [0.2, 0.25) is 5.02 Å². The highest BCUT2D eigenvalue weighted by atomic mass is 35.5. The highest BCUT2D eigenvalue weighted by Gasteiger charge is 2.20. The predicted octanol–water partition coefficient (Wildman–Crippen LogP) is 1.95. The molecule has 0 aromatic heterocycles. The molecule has 2 rings (SSSR count). The SMILES string of the molecule is O=C(COc1cccc(Cl)c1)N1CCC1. The fourth-order valence-corrected chi connectivity index (χ4v) is 1.54. The highest BCUT2D eigenvalue weighted by molar-refractivity contribution is 6.30. The number of nitrogens with zero attached hydrogens (tertiary/aromatic N) is 1. The van der Waals surface area contributed by atoms with Gasteiger partial charge in [0.1, 0.15) is 5.75 Å². The minimum Gasteiger partial charge on any atom is -0.484 e. The maximum Gasteiger partial charge on any atom is 0.260 e. The van der Waals surface area contributed by atoms with Gasteiger partial charge in [-0.15, -0.1) is 0 Å². The average molecular weight is 226 g/mol. The smallest absolute Gasteiger partial charge is 0.260 e. The molecule has 0 saturated carbocycles. The summed E-state index contributed by atoms with van der Waals surface area (Å²) in [7, 11) is 0. The topological polar surface area (TPSA) is 29.5 Å². The van der Waals surface area contributed by atoms with E-state index in [1.807, 2.05) is 0 Å². The second kappa shape index (κ2) is 4.53. The van der Waals surface area contributed by atoms with Crippen LogP contribution in [0.1, 0.15) is 6.42 Å². The van der Waals surface area contributed by atoms with Gasteiger partial charge in [-0.1, -0.05) is 17.7 Å². The summed E-state index contributed by atoms with van der Waals surface area (Å²) in [5.74, 6) is 0.678. The number of carbonyl (C=O) groups excluding carboxylic acids is 1. The summed E-state index contributed by atoms with van der Waals surface area (Å²) in [6.07, 6.45) is 1.10. The van der Waals surface area contributed by atoms with E-state index in [1.165, 1.54) is 0 Å². The Kier molecular flexibility index (Phi) is 3.11. The van der Waals surface area contributed by atoms with E-state index in [4.69, 9.17) is 16.3 Å². The lowest BCUT2D eigenvalue weighted by Crippen LogP contribution is -2.44. The number of amides is 1. The van der Waals surface area contributed by atoms with Gasteiger partial charge in [-0.3, -0.25) is 4.79 Å². The zero-order chi connectivity index (χ0) is 10.7. The molecule has 0 spiro atoms. The molecule has 1 aliphatic heterocycles. The Morgan fingerprint density at radius 1 is 1.47 bits per heavy atom. The molecule has 0 bridgehead atoms. The van der Waals surface area contributed by atoms with Crippen molar-refractivity contribution in [3.8, 4) is 5.75 Å². The Morgan fingerprint density at radius 2 is 2.27 bits per heavy atom. The maximum absolute atomic E-state index is 11.5. The van der Waals surface area contributed by atoms with Crippen LogP contribution in [0.25, 0.3) is 0 Å². The number of hydrogen-bond acceptors (Lipinski definition) is 2. The van der Waals surface area contributed by atoms with Crippen LogP contribution in [0.15, 0.2) is 24.3 Å². The Balaban J connectivity index is 1.84. The normalized spacial score (nSPS) is 14.6. The number of hydrogen-bond donors (Lipinski definition) is 0. The molecule has 1 aromatic carbocycles. The summed E-state index contributed by atoms with van der Waals surface area (Å²) >= 11 is 5.79. The second-order valence-electron chi connectivity index (χ2n) is 3.48. The molecule has 3 nitrogen and oxygen atoms in total. The molecular formula is C11H12ClNO2. The molecule has 0 aliphatic carbocycles. The Labute approximate surface area is 93.6 Å². The first-order chi connectivity index (χ1) is 7.25. The molecule has 1 heterocycles. The Bertz CT molecular complexity index is 363. The molecule has 1 aromatic rings. The van der Waals surface area contributed by atoms with Crippen molar-refractivity contribution in [3.05, 3.63) is 29.3 Å². The zero-order valence-electron chi connectivity index (χ0n) is 8.28. The van der Waals surface area contributed by atoms with Crippen molar-refractivity contribution in [1.29, 1.82) is 0 Å². The second-order valence-corrected chi connectivity index (χ2v) is 3.92. The number of benzene rings is 1. The molecule has 0 unspecified atom stereocenters. The van der Waals surface area contributed by atoms with Gasteiger partial charge in [0.25, 0.3) is 5.91 Å². The molecule has 1 fully saturated rings. The van der Waals surface area contributed by atoms with Gasteiger partial charge in [0.2, 0.25) is 0 Å². The van der Waals surface area contributed by atoms with Gasteiger partial charge in [-0.05, 0) is 24.6 Å². The molecule has 0 radical (unpaired) electrons. The molecule has 15 heavy (non-hydrogen) atoms. The largest absolute Gasteiger partial charge is 0.484 e. The minimum absolute atomic E-state index is 0.0428. The monoisotopic (exact) mass is 225 g/mol. The van der Waals surface area contributed by atoms with E-state index in [9.17, 15) is 4.79 Å². The summed E-state index contributed by atoms with van der Waals surface area (Å²) in [4.78, 5) is 13.2. The van der Waals surface area contributed by atoms with Crippen LogP contribution < -0.4 is 4.74 Å². The standard InChI is InChI=1S/C11H12ClNO2/c12-9-3-1-4-10(7-9)15-8-11(14)13-5-2-6-13/h1,3-4,7H,2,5-6,8H2. The van der Waals surface area contributed by atoms with E-state index >= 15 is 0 Å². The molecule has 0 atom stereocenters. The van der Waals surface area contributed by atoms with E-state index in [0.717, 1.165) is 19.5 Å². The predicted molar refractivity (Wildman–Crippen MR) is 58.1 cm³/mol. The van der Waals surface area contributed by atoms with Gasteiger partial charge in [-0.2, -0.15) is 0 Å². The summed E-state index contributed by atoms with van der Waals surface area (Å²) < 4.78 is 5.33. The summed E-state index contributed by atoms with van der Waals surface area (Å²) in [6, 6.07) is 7.05. The molecule has 80 valence electrons. The summed E-state index contributed by atoms with van der Waals surface area (Å²) in [6.45, 7) is 1.82. The quantitative estimate of drug-likeness (QED) is 0.787. The van der Waals surface area contributed by atoms with Crippen molar-refractivity contribution in [1.82, 2.24) is 4.90 Å². The summed E-state index contributed by atoms with van der Waals surface area (Å²) in [5, 5.41) is 0.615. The summed E-state index contributed by atoms with van der Waals surface area (Å²) in [5.41, 5.74) is 0. The lowest BCUT2D eigenvalue weighted by atomic mass is 10.2. The van der Waals surface area contributed by atoms with Crippen molar-refractivity contribution < 1.29 is 9.53 Å². The van der Waals surface area contributed by atoms with Crippen molar-refractivity contribution in [2.45, 2.75) is 6.42 Å². The van der Waals surface area contributed by atoms with Crippen LogP contribution in [0, 0.1) is 0 Å². The van der Waals surface area contributed by atoms with E-state index in [-0.39, 0.29) is 12.5 Å². The fraction of sp³-hybridized carbons (Fsp3) is 0.364. The maximum atomic E-state index is 11.5. The zero-order valence-corrected chi connectivity index (χ0v) is 9.04. The van der Waals surface area contributed by atoms with E-state index in [2.05, 4.69) is 0 Å². The lowest BCUT2D eigenvalue weighted by molar-refractivity contribution is -0.136. The van der Waals surface area contributed by atoms with E-state index in [1.54, 1.807) is 29.2 Å². The van der Waals surface area contributed by atoms with Gasteiger partial charge in [0.15, 0.2) is 6.61 Å². The molecule has 1 aliphatic rings. The number of rotatable bonds is 3. The third-order valence-electron chi connectivity index (χ3n) is 2.37. The molecule has 1 saturated heterocycles. The van der Waals surface area contributed by atoms with E-state index in [0.29, 0.717) is 10.8 Å². The minimum atomic E-state index is 0.0428. The molecule has 0 N–H and O–H groups in total. The van der Waals surface area contributed by atoms with Gasteiger partial charge in [0.05, 0.1) is 0 Å². The first-order valence-electron chi connectivity index (χ1n) is 4.92. The van der Waals surface area contributed by atoms with Crippen molar-refractivity contribution in [3.63, 3.8) is 0 Å². The van der Waals surface area contributed by atoms with Crippen molar-refractivity contribution in [2.24, 2.45) is 0 Å². The number of carbonyl (C=O) groups is 1. The highest BCUT2D eigenvalue weighted by Crippen LogP contribution is 2.17. The van der Waals surface area contributed by atoms with Crippen LogP contribution in [-0.4, -0.2) is 30.5 Å². The molecular weight excluding hydrogens is 214 g/mol. The number of likely N-dealkylation sites (tertiary alicyclic amines) is 1. The first-order valence-corrected chi connectivity index (χ1v) is 5.29. The van der Waals surface area contributed by atoms with Crippen LogP contribution in [0.4, 0.5) is 0 Å². The van der Waals surface area contributed by atoms with Gasteiger partial charge < -0.3 is 9.64 Å². The van der Waals surface area contributed by atoms with E-state index < -0.39 is 0 Å². The van der Waals surface area contributed by atoms with Crippen LogP contribution >= 0.6 is 11.6 Å². The van der Waals surface area contributed by atoms with Crippen LogP contribution in [-0.2, 0) is 4.79 Å². The number of halogens is 1. The third kappa shape index (κ3) is 2.63. The van der Waals surface area contributed by atoms with Gasteiger partial charge >= 0.3 is 0 Å². The average Bonchev–Trinajstić information content (AvgIpc) is 2.12. The van der Waals surface area contributed by atoms with Gasteiger partial charge in [-0.25, -0.2) is 0 Å². The van der Waals surface area contributed by atoms with Gasteiger partial charge in [0, 0.05) is 18.1 Å².